The van der Waals surface area contributed by atoms with Crippen LogP contribution in [0.15, 0.2) is 47.4 Å². The van der Waals surface area contributed by atoms with Crippen molar-refractivity contribution in [2.75, 3.05) is 0 Å². The lowest BCUT2D eigenvalue weighted by atomic mass is 10.2. The zero-order valence-corrected chi connectivity index (χ0v) is 20.8. The number of rotatable bonds is 4. The van der Waals surface area contributed by atoms with Gasteiger partial charge in [0.2, 0.25) is 0 Å². The van der Waals surface area contributed by atoms with Crippen LogP contribution in [0, 0.1) is 13.8 Å². The van der Waals surface area contributed by atoms with Gasteiger partial charge < -0.3 is 4.57 Å². The van der Waals surface area contributed by atoms with E-state index in [1.807, 2.05) is 30.5 Å². The maximum Gasteiger partial charge on any atom is 0.293 e. The van der Waals surface area contributed by atoms with Crippen LogP contribution in [0.4, 0.5) is 4.79 Å². The Labute approximate surface area is 209 Å². The van der Waals surface area contributed by atoms with Crippen LogP contribution >= 0.6 is 58.2 Å². The fourth-order valence-electron chi connectivity index (χ4n) is 3.55. The summed E-state index contributed by atoms with van der Waals surface area (Å²) < 4.78 is 2.02. The molecule has 1 aliphatic rings. The number of benzene rings is 2. The van der Waals surface area contributed by atoms with E-state index in [4.69, 9.17) is 46.4 Å². The number of aryl methyl sites for hydroxylation is 1. The first-order chi connectivity index (χ1) is 15.2. The number of amides is 2. The molecule has 1 aromatic heterocycles. The Hall–Kier alpha value is -1.89. The fraction of sp³-hybridized carbons (Fsp3) is 0.130. The van der Waals surface area contributed by atoms with E-state index < -0.39 is 0 Å². The lowest BCUT2D eigenvalue weighted by molar-refractivity contribution is -0.123. The van der Waals surface area contributed by atoms with Crippen molar-refractivity contribution in [2.24, 2.45) is 0 Å². The number of carbonyl (C=O) groups is 2. The van der Waals surface area contributed by atoms with Crippen LogP contribution in [0.2, 0.25) is 20.1 Å². The average Bonchev–Trinajstić information content (AvgIpc) is 3.16. The fourth-order valence-corrected chi connectivity index (χ4v) is 5.00. The van der Waals surface area contributed by atoms with Crippen molar-refractivity contribution in [2.45, 2.75) is 20.4 Å². The molecule has 0 N–H and O–H groups in total. The van der Waals surface area contributed by atoms with Crippen LogP contribution in [0.3, 0.4) is 0 Å². The van der Waals surface area contributed by atoms with Gasteiger partial charge in [-0.15, -0.1) is 0 Å². The third-order valence-corrected chi connectivity index (χ3v) is 7.50. The number of hydrogen-bond donors (Lipinski definition) is 0. The minimum atomic E-state index is -0.342. The van der Waals surface area contributed by atoms with E-state index in [9.17, 15) is 9.59 Å². The molecule has 0 bridgehead atoms. The maximum atomic E-state index is 12.9. The van der Waals surface area contributed by atoms with Gasteiger partial charge >= 0.3 is 0 Å². The average molecular weight is 526 g/mol. The van der Waals surface area contributed by atoms with Crippen molar-refractivity contribution in [1.29, 1.82) is 0 Å². The molecule has 0 atom stereocenters. The van der Waals surface area contributed by atoms with E-state index in [0.717, 1.165) is 40.0 Å². The molecular weight excluding hydrogens is 510 g/mol. The van der Waals surface area contributed by atoms with Gasteiger partial charge in [0.05, 0.1) is 31.5 Å². The van der Waals surface area contributed by atoms with Crippen molar-refractivity contribution in [3.63, 3.8) is 0 Å². The van der Waals surface area contributed by atoms with Crippen molar-refractivity contribution >= 4 is 75.4 Å². The first-order valence-corrected chi connectivity index (χ1v) is 11.8. The van der Waals surface area contributed by atoms with Gasteiger partial charge in [0.25, 0.3) is 11.1 Å². The van der Waals surface area contributed by atoms with E-state index in [2.05, 4.69) is 0 Å². The number of thioether (sulfide) groups is 1. The largest absolute Gasteiger partial charge is 0.318 e. The molecule has 0 radical (unpaired) electrons. The highest BCUT2D eigenvalue weighted by Crippen LogP contribution is 2.35. The zero-order valence-electron chi connectivity index (χ0n) is 17.0. The van der Waals surface area contributed by atoms with Gasteiger partial charge in [-0.05, 0) is 79.2 Å². The Morgan fingerprint density at radius 2 is 1.53 bits per heavy atom. The standard InChI is InChI=1S/C23H16Cl4N2O2S/c1-12-7-15(13(2)29(12)16-4-6-18(25)20(27)10-16)9-21-22(30)28(23(31)32-21)11-14-3-5-17(24)19(26)8-14/h3-10H,11H2,1-2H3/b21-9-. The monoisotopic (exact) mass is 524 g/mol. The Morgan fingerprint density at radius 1 is 0.875 bits per heavy atom. The van der Waals surface area contributed by atoms with Crippen LogP contribution in [0.5, 0.6) is 0 Å². The summed E-state index contributed by atoms with van der Waals surface area (Å²) in [5.41, 5.74) is 4.30. The highest BCUT2D eigenvalue weighted by atomic mass is 35.5. The highest BCUT2D eigenvalue weighted by Gasteiger charge is 2.35. The maximum absolute atomic E-state index is 12.9. The molecule has 4 rings (SSSR count). The summed E-state index contributed by atoms with van der Waals surface area (Å²) in [6.07, 6.45) is 1.75. The Bertz CT molecular complexity index is 1300. The van der Waals surface area contributed by atoms with E-state index in [0.29, 0.717) is 25.0 Å². The molecule has 4 nitrogen and oxygen atoms in total. The summed E-state index contributed by atoms with van der Waals surface area (Å²) in [6.45, 7) is 4.03. The van der Waals surface area contributed by atoms with Gasteiger partial charge in [0.15, 0.2) is 0 Å². The minimum Gasteiger partial charge on any atom is -0.318 e. The highest BCUT2D eigenvalue weighted by molar-refractivity contribution is 8.18. The predicted octanol–water partition coefficient (Wildman–Crippen LogP) is 7.94. The smallest absolute Gasteiger partial charge is 0.293 e. The summed E-state index contributed by atoms with van der Waals surface area (Å²) >= 11 is 25.2. The van der Waals surface area contributed by atoms with Gasteiger partial charge in [0.1, 0.15) is 0 Å². The molecule has 3 aromatic rings. The van der Waals surface area contributed by atoms with Crippen LogP contribution in [-0.4, -0.2) is 20.6 Å². The molecule has 1 aliphatic heterocycles. The number of imide groups is 1. The Balaban J connectivity index is 1.63. The van der Waals surface area contributed by atoms with Gasteiger partial charge in [-0.3, -0.25) is 14.5 Å². The zero-order chi connectivity index (χ0) is 23.2. The van der Waals surface area contributed by atoms with Crippen molar-refractivity contribution in [1.82, 2.24) is 9.47 Å². The molecular formula is C23H16Cl4N2O2S. The molecule has 0 aliphatic carbocycles. The van der Waals surface area contributed by atoms with E-state index in [1.54, 1.807) is 36.4 Å². The molecule has 1 saturated heterocycles. The minimum absolute atomic E-state index is 0.126. The van der Waals surface area contributed by atoms with Crippen molar-refractivity contribution in [3.05, 3.63) is 90.0 Å². The quantitative estimate of drug-likeness (QED) is 0.324. The first-order valence-electron chi connectivity index (χ1n) is 9.49. The normalized spacial score (nSPS) is 15.3. The number of carbonyl (C=O) groups excluding carboxylic acids is 2. The second-order valence-corrected chi connectivity index (χ2v) is 9.90. The summed E-state index contributed by atoms with van der Waals surface area (Å²) in [6, 6.07) is 12.4. The first kappa shape index (κ1) is 23.3. The topological polar surface area (TPSA) is 42.3 Å². The van der Waals surface area contributed by atoms with Gasteiger partial charge in [-0.1, -0.05) is 52.5 Å². The van der Waals surface area contributed by atoms with E-state index in [-0.39, 0.29) is 17.7 Å². The molecule has 2 heterocycles. The lowest BCUT2D eigenvalue weighted by Gasteiger charge is -2.13. The second kappa shape index (κ2) is 9.16. The molecule has 1 fully saturated rings. The van der Waals surface area contributed by atoms with E-state index in [1.165, 1.54) is 4.90 Å². The van der Waals surface area contributed by atoms with Crippen LogP contribution in [0.25, 0.3) is 11.8 Å². The third kappa shape index (κ3) is 4.45. The number of halogens is 4. The molecule has 0 unspecified atom stereocenters. The van der Waals surface area contributed by atoms with Gasteiger partial charge in [0, 0.05) is 17.1 Å². The molecule has 0 spiro atoms. The molecule has 164 valence electrons. The number of aromatic nitrogens is 1. The van der Waals surface area contributed by atoms with E-state index >= 15 is 0 Å². The molecule has 0 saturated carbocycles. The van der Waals surface area contributed by atoms with Crippen LogP contribution < -0.4 is 0 Å². The lowest BCUT2D eigenvalue weighted by Crippen LogP contribution is -2.27. The van der Waals surface area contributed by atoms with Crippen molar-refractivity contribution in [3.8, 4) is 5.69 Å². The summed E-state index contributed by atoms with van der Waals surface area (Å²) in [5, 5.41) is 1.41. The molecule has 32 heavy (non-hydrogen) atoms. The molecule has 2 aromatic carbocycles. The van der Waals surface area contributed by atoms with Crippen LogP contribution in [-0.2, 0) is 11.3 Å². The SMILES string of the molecule is Cc1cc(/C=C2\SC(=O)N(Cc3ccc(Cl)c(Cl)c3)C2=O)c(C)n1-c1ccc(Cl)c(Cl)c1. The Kier molecular flexibility index (Phi) is 6.66. The van der Waals surface area contributed by atoms with Gasteiger partial charge in [-0.2, -0.15) is 0 Å². The second-order valence-electron chi connectivity index (χ2n) is 7.28. The predicted molar refractivity (Wildman–Crippen MR) is 133 cm³/mol. The Morgan fingerprint density at radius 3 is 2.19 bits per heavy atom. The third-order valence-electron chi connectivity index (χ3n) is 5.12. The molecule has 2 amide bonds. The van der Waals surface area contributed by atoms with Crippen molar-refractivity contribution < 1.29 is 9.59 Å². The van der Waals surface area contributed by atoms with Crippen LogP contribution in [0.1, 0.15) is 22.5 Å². The molecule has 9 heteroatoms. The number of nitrogens with zero attached hydrogens (tertiary/aromatic N) is 2. The number of hydrogen-bond acceptors (Lipinski definition) is 3. The summed E-state index contributed by atoms with van der Waals surface area (Å²) in [5.74, 6) is -0.342. The van der Waals surface area contributed by atoms with Gasteiger partial charge in [-0.25, -0.2) is 0 Å². The summed E-state index contributed by atoms with van der Waals surface area (Å²) in [4.78, 5) is 27.0. The summed E-state index contributed by atoms with van der Waals surface area (Å²) in [7, 11) is 0.